The van der Waals surface area contributed by atoms with Gasteiger partial charge in [0.15, 0.2) is 0 Å². The summed E-state index contributed by atoms with van der Waals surface area (Å²) >= 11 is 0. The molecule has 0 bridgehead atoms. The number of amides is 1. The first kappa shape index (κ1) is 21.3. The fourth-order valence-electron chi connectivity index (χ4n) is 3.12. The number of hydrazine groups is 1. The topological polar surface area (TPSA) is 59.2 Å². The summed E-state index contributed by atoms with van der Waals surface area (Å²) in [4.78, 5) is 17.0. The Morgan fingerprint density at radius 2 is 1.80 bits per heavy atom. The molecule has 1 amide bonds. The lowest BCUT2D eigenvalue weighted by Crippen LogP contribution is -2.38. The molecule has 0 atom stereocenters. The molecule has 30 heavy (non-hydrogen) atoms. The molecular weight excluding hydrogens is 391 g/mol. The number of anilines is 1. The minimum Gasteiger partial charge on any atom is -0.267 e. The van der Waals surface area contributed by atoms with E-state index in [4.69, 9.17) is 5.84 Å². The van der Waals surface area contributed by atoms with Crippen molar-refractivity contribution in [3.05, 3.63) is 101 Å². The molecular formula is C23H20F3N3O. The zero-order valence-electron chi connectivity index (χ0n) is 16.2. The average Bonchev–Trinajstić information content (AvgIpc) is 2.73. The van der Waals surface area contributed by atoms with Crippen LogP contribution in [0.1, 0.15) is 39.5 Å². The maximum atomic E-state index is 13.5. The highest BCUT2D eigenvalue weighted by atomic mass is 19.4. The van der Waals surface area contributed by atoms with Gasteiger partial charge >= 0.3 is 6.18 Å². The number of carbonyl (C=O) groups excluding carboxylic acids is 1. The Labute approximate surface area is 172 Å². The molecule has 3 rings (SSSR count). The number of pyridine rings is 1. The van der Waals surface area contributed by atoms with E-state index in [2.05, 4.69) is 4.98 Å². The fraction of sp³-hybridized carbons (Fsp3) is 0.130. The molecule has 2 N–H and O–H groups in total. The van der Waals surface area contributed by atoms with E-state index < -0.39 is 17.6 Å². The van der Waals surface area contributed by atoms with Crippen LogP contribution in [0.2, 0.25) is 0 Å². The van der Waals surface area contributed by atoms with Gasteiger partial charge in [0.1, 0.15) is 0 Å². The number of benzene rings is 2. The van der Waals surface area contributed by atoms with Gasteiger partial charge < -0.3 is 0 Å². The maximum Gasteiger partial charge on any atom is 0.417 e. The smallest absolute Gasteiger partial charge is 0.267 e. The van der Waals surface area contributed by atoms with Crippen LogP contribution in [0, 0.1) is 0 Å². The van der Waals surface area contributed by atoms with Gasteiger partial charge in [0, 0.05) is 18.0 Å². The standard InChI is InChI=1S/C23H20F3N3O/c1-2-5-17-8-9-19(15-21(17)23(24,25)26)29(27)22(30)20-7-4-3-6-18(20)14-16-10-12-28-13-11-16/h2-13,15H,14,27H2,1H3. The lowest BCUT2D eigenvalue weighted by molar-refractivity contribution is -0.137. The molecule has 7 heteroatoms. The summed E-state index contributed by atoms with van der Waals surface area (Å²) in [5.41, 5.74) is 1.09. The summed E-state index contributed by atoms with van der Waals surface area (Å²) in [6.45, 7) is 1.63. The molecule has 0 unspecified atom stereocenters. The van der Waals surface area contributed by atoms with E-state index in [-0.39, 0.29) is 11.3 Å². The van der Waals surface area contributed by atoms with Crippen LogP contribution >= 0.6 is 0 Å². The highest BCUT2D eigenvalue weighted by Crippen LogP contribution is 2.35. The van der Waals surface area contributed by atoms with E-state index in [9.17, 15) is 18.0 Å². The van der Waals surface area contributed by atoms with E-state index >= 15 is 0 Å². The van der Waals surface area contributed by atoms with Gasteiger partial charge in [-0.3, -0.25) is 9.78 Å². The van der Waals surface area contributed by atoms with Crippen LogP contribution in [-0.4, -0.2) is 10.9 Å². The minimum atomic E-state index is -4.58. The monoisotopic (exact) mass is 411 g/mol. The van der Waals surface area contributed by atoms with Gasteiger partial charge in [0.2, 0.25) is 0 Å². The number of rotatable bonds is 5. The lowest BCUT2D eigenvalue weighted by Gasteiger charge is -2.21. The van der Waals surface area contributed by atoms with Crippen LogP contribution in [0.5, 0.6) is 0 Å². The van der Waals surface area contributed by atoms with Gasteiger partial charge in [-0.1, -0.05) is 36.4 Å². The van der Waals surface area contributed by atoms with Gasteiger partial charge in [-0.15, -0.1) is 0 Å². The number of hydrogen-bond donors (Lipinski definition) is 1. The van der Waals surface area contributed by atoms with Crippen LogP contribution in [0.25, 0.3) is 6.08 Å². The highest BCUT2D eigenvalue weighted by molar-refractivity contribution is 6.06. The number of carbonyl (C=O) groups is 1. The largest absolute Gasteiger partial charge is 0.417 e. The molecule has 4 nitrogen and oxygen atoms in total. The zero-order valence-corrected chi connectivity index (χ0v) is 16.2. The average molecular weight is 411 g/mol. The Bertz CT molecular complexity index is 1060. The Kier molecular flexibility index (Phi) is 6.32. The number of aromatic nitrogens is 1. The first-order valence-corrected chi connectivity index (χ1v) is 9.21. The number of halogens is 3. The summed E-state index contributed by atoms with van der Waals surface area (Å²) in [6, 6.07) is 14.1. The highest BCUT2D eigenvalue weighted by Gasteiger charge is 2.33. The lowest BCUT2D eigenvalue weighted by atomic mass is 9.99. The number of alkyl halides is 3. The Hall–Kier alpha value is -3.45. The van der Waals surface area contributed by atoms with Crippen molar-refractivity contribution in [1.82, 2.24) is 4.98 Å². The quantitative estimate of drug-likeness (QED) is 0.355. The van der Waals surface area contributed by atoms with Crippen LogP contribution < -0.4 is 10.9 Å². The number of nitrogens with two attached hydrogens (primary N) is 1. The number of hydrogen-bond acceptors (Lipinski definition) is 3. The van der Waals surface area contributed by atoms with Crippen molar-refractivity contribution in [2.24, 2.45) is 5.84 Å². The summed E-state index contributed by atoms with van der Waals surface area (Å²) in [7, 11) is 0. The molecule has 0 saturated carbocycles. The molecule has 3 aromatic rings. The van der Waals surface area contributed by atoms with Gasteiger partial charge in [0.25, 0.3) is 5.91 Å². The number of nitrogens with zero attached hydrogens (tertiary/aromatic N) is 2. The molecule has 154 valence electrons. The second-order valence-corrected chi connectivity index (χ2v) is 6.63. The molecule has 0 saturated heterocycles. The molecule has 0 radical (unpaired) electrons. The van der Waals surface area contributed by atoms with Crippen molar-refractivity contribution in [2.75, 3.05) is 5.01 Å². The minimum absolute atomic E-state index is 0.00712. The van der Waals surface area contributed by atoms with Crippen molar-refractivity contribution in [3.63, 3.8) is 0 Å². The molecule has 0 fully saturated rings. The SMILES string of the molecule is CC=Cc1ccc(N(N)C(=O)c2ccccc2Cc2ccncc2)cc1C(F)(F)F. The van der Waals surface area contributed by atoms with E-state index in [1.54, 1.807) is 43.6 Å². The van der Waals surface area contributed by atoms with Crippen molar-refractivity contribution in [2.45, 2.75) is 19.5 Å². The summed E-state index contributed by atoms with van der Waals surface area (Å²) in [5.74, 6) is 5.37. The van der Waals surface area contributed by atoms with Gasteiger partial charge in [-0.25, -0.2) is 10.9 Å². The van der Waals surface area contributed by atoms with E-state index in [1.807, 2.05) is 12.1 Å². The zero-order chi connectivity index (χ0) is 21.7. The summed E-state index contributed by atoms with van der Waals surface area (Å²) in [6.07, 6.45) is 2.07. The first-order valence-electron chi connectivity index (χ1n) is 9.21. The maximum absolute atomic E-state index is 13.5. The van der Waals surface area contributed by atoms with Gasteiger partial charge in [-0.2, -0.15) is 13.2 Å². The van der Waals surface area contributed by atoms with Crippen LogP contribution in [0.4, 0.5) is 18.9 Å². The van der Waals surface area contributed by atoms with Gasteiger partial charge in [0.05, 0.1) is 11.3 Å². The molecule has 1 heterocycles. The molecule has 0 aliphatic heterocycles. The van der Waals surface area contributed by atoms with Crippen LogP contribution in [0.3, 0.4) is 0 Å². The van der Waals surface area contributed by atoms with Gasteiger partial charge in [-0.05, 0) is 60.4 Å². The van der Waals surface area contributed by atoms with Crippen LogP contribution in [0.15, 0.2) is 73.1 Å². The fourth-order valence-corrected chi connectivity index (χ4v) is 3.12. The molecule has 0 spiro atoms. The van der Waals surface area contributed by atoms with Crippen molar-refractivity contribution < 1.29 is 18.0 Å². The molecule has 0 aliphatic carbocycles. The predicted molar refractivity (Wildman–Crippen MR) is 111 cm³/mol. The normalized spacial score (nSPS) is 11.6. The Morgan fingerprint density at radius 1 is 1.10 bits per heavy atom. The second-order valence-electron chi connectivity index (χ2n) is 6.63. The summed E-state index contributed by atoms with van der Waals surface area (Å²) < 4.78 is 40.4. The number of allylic oxidation sites excluding steroid dienone is 1. The van der Waals surface area contributed by atoms with Crippen LogP contribution in [-0.2, 0) is 12.6 Å². The van der Waals surface area contributed by atoms with Crippen molar-refractivity contribution >= 4 is 17.7 Å². The van der Waals surface area contributed by atoms with E-state index in [1.165, 1.54) is 24.3 Å². The third-order valence-electron chi connectivity index (χ3n) is 4.58. The third kappa shape index (κ3) is 4.75. The molecule has 1 aromatic heterocycles. The summed E-state index contributed by atoms with van der Waals surface area (Å²) in [5, 5.41) is 0.750. The van der Waals surface area contributed by atoms with Crippen molar-refractivity contribution in [1.29, 1.82) is 0 Å². The Balaban J connectivity index is 1.95. The first-order chi connectivity index (χ1) is 14.3. The molecule has 0 aliphatic rings. The third-order valence-corrected chi connectivity index (χ3v) is 4.58. The van der Waals surface area contributed by atoms with E-state index in [0.29, 0.717) is 17.5 Å². The second kappa shape index (κ2) is 8.92. The van der Waals surface area contributed by atoms with Crippen molar-refractivity contribution in [3.8, 4) is 0 Å². The Morgan fingerprint density at radius 3 is 2.47 bits per heavy atom. The molecule has 2 aromatic carbocycles. The van der Waals surface area contributed by atoms with E-state index in [0.717, 1.165) is 16.6 Å². The predicted octanol–water partition coefficient (Wildman–Crippen LogP) is 5.24.